The SMILES string of the molecule is c1ccc(-c2cccc(-c3cccc(N(c4ccc5c(c4)-c4ccccc4C54C5CC6CC(C5)CC4C6)c4cccc5c4C4(c6ccccc6-5)c5cccc(-c6ccccc6)c5-c5c(-c6ccccc6)cccc54)c3)c2)cc1. The highest BCUT2D eigenvalue weighted by molar-refractivity contribution is 6.06. The summed E-state index contributed by atoms with van der Waals surface area (Å²) in [7, 11) is 0. The van der Waals surface area contributed by atoms with E-state index in [0.29, 0.717) is 11.8 Å². The van der Waals surface area contributed by atoms with Crippen LogP contribution in [0, 0.1) is 23.7 Å². The van der Waals surface area contributed by atoms with E-state index in [1.54, 1.807) is 11.1 Å². The minimum Gasteiger partial charge on any atom is -0.310 e. The van der Waals surface area contributed by atoms with Crippen LogP contribution in [0.25, 0.3) is 77.9 Å². The van der Waals surface area contributed by atoms with Crippen LogP contribution >= 0.6 is 0 Å². The molecule has 1 nitrogen and oxygen atoms in total. The number of benzene rings is 11. The molecular formula is C77H57N. The number of rotatable bonds is 7. The van der Waals surface area contributed by atoms with Crippen LogP contribution in [0.3, 0.4) is 0 Å². The zero-order chi connectivity index (χ0) is 51.1. The molecule has 2 spiro atoms. The summed E-state index contributed by atoms with van der Waals surface area (Å²) in [5.74, 6) is 3.17. The van der Waals surface area contributed by atoms with Crippen molar-refractivity contribution < 1.29 is 0 Å². The Morgan fingerprint density at radius 3 is 1.36 bits per heavy atom. The van der Waals surface area contributed by atoms with Crippen molar-refractivity contribution in [2.75, 3.05) is 4.90 Å². The summed E-state index contributed by atoms with van der Waals surface area (Å²) < 4.78 is 0. The highest BCUT2D eigenvalue weighted by Crippen LogP contribution is 2.71. The van der Waals surface area contributed by atoms with Crippen molar-refractivity contribution in [2.45, 2.75) is 42.9 Å². The van der Waals surface area contributed by atoms with Crippen LogP contribution in [0.2, 0.25) is 0 Å². The molecule has 78 heavy (non-hydrogen) atoms. The standard InChI is InChI=1S/C77H57N/c1-4-19-51(20-5-1)54-25-14-26-55(46-54)56-27-15-28-59(47-56)78(60-39-40-69-66(48-60)64-30-11-12-34-67(64)76(69)57-42-49-41-50(44-57)45-58(76)43-49)72-38-18-33-65-63-29-10-13-35-68(63)77(75(65)72)70-36-16-31-61(52-21-6-2-7-22-52)73(70)74-62(32-17-37-71(74)77)53-23-8-3-9-24-53/h1-40,46-50,57-58H,41-45H2. The van der Waals surface area contributed by atoms with Crippen molar-refractivity contribution >= 4 is 17.1 Å². The maximum atomic E-state index is 2.65. The van der Waals surface area contributed by atoms with Gasteiger partial charge in [0.05, 0.1) is 11.1 Å². The third-order valence-electron chi connectivity index (χ3n) is 19.8. The number of nitrogens with zero attached hydrogens (tertiary/aromatic N) is 1. The van der Waals surface area contributed by atoms with Crippen LogP contribution in [0.15, 0.2) is 261 Å². The molecule has 7 aliphatic carbocycles. The van der Waals surface area contributed by atoms with Crippen molar-refractivity contribution in [1.82, 2.24) is 0 Å². The Kier molecular flexibility index (Phi) is 9.59. The number of hydrogen-bond donors (Lipinski definition) is 0. The Hall–Kier alpha value is -8.78. The van der Waals surface area contributed by atoms with E-state index in [4.69, 9.17) is 0 Å². The van der Waals surface area contributed by atoms with E-state index in [0.717, 1.165) is 17.5 Å². The van der Waals surface area contributed by atoms with Gasteiger partial charge in [-0.2, -0.15) is 0 Å². The quantitative estimate of drug-likeness (QED) is 0.154. The van der Waals surface area contributed by atoms with E-state index in [2.05, 4.69) is 266 Å². The lowest BCUT2D eigenvalue weighted by Crippen LogP contribution is -2.55. The average Bonchev–Trinajstić information content (AvgIpc) is 2.76. The highest BCUT2D eigenvalue weighted by atomic mass is 15.1. The summed E-state index contributed by atoms with van der Waals surface area (Å²) in [6.45, 7) is 0. The van der Waals surface area contributed by atoms with Gasteiger partial charge < -0.3 is 4.90 Å². The third kappa shape index (κ3) is 6.08. The Labute approximate surface area is 458 Å². The molecule has 0 radical (unpaired) electrons. The van der Waals surface area contributed by atoms with E-state index in [-0.39, 0.29) is 5.41 Å². The maximum absolute atomic E-state index is 2.65. The molecule has 7 aliphatic rings. The lowest BCUT2D eigenvalue weighted by molar-refractivity contribution is -0.0399. The van der Waals surface area contributed by atoms with Gasteiger partial charge in [-0.15, -0.1) is 0 Å². The first kappa shape index (κ1) is 44.4. The fourth-order valence-electron chi connectivity index (χ4n) is 17.3. The topological polar surface area (TPSA) is 3.24 Å². The molecule has 0 unspecified atom stereocenters. The number of hydrogen-bond acceptors (Lipinski definition) is 1. The Morgan fingerprint density at radius 2 is 0.718 bits per heavy atom. The molecule has 0 atom stereocenters. The first-order valence-electron chi connectivity index (χ1n) is 28.6. The second kappa shape index (κ2) is 16.9. The van der Waals surface area contributed by atoms with Crippen LogP contribution in [0.4, 0.5) is 17.1 Å². The van der Waals surface area contributed by atoms with E-state index in [9.17, 15) is 0 Å². The van der Waals surface area contributed by atoms with E-state index < -0.39 is 5.41 Å². The third-order valence-corrected chi connectivity index (χ3v) is 19.8. The van der Waals surface area contributed by atoms with E-state index in [1.165, 1.54) is 144 Å². The Bertz CT molecular complexity index is 4110. The molecule has 370 valence electrons. The number of fused-ring (bicyclic) bond motifs is 13. The summed E-state index contributed by atoms with van der Waals surface area (Å²) in [5, 5.41) is 0. The molecule has 0 aliphatic heterocycles. The molecule has 0 heterocycles. The van der Waals surface area contributed by atoms with Crippen LogP contribution in [0.5, 0.6) is 0 Å². The second-order valence-corrected chi connectivity index (χ2v) is 23.5. The molecule has 18 rings (SSSR count). The molecule has 4 fully saturated rings. The van der Waals surface area contributed by atoms with Crippen LogP contribution in [0.1, 0.15) is 65.5 Å². The first-order chi connectivity index (χ1) is 38.7. The molecular weight excluding hydrogens is 939 g/mol. The predicted molar refractivity (Wildman–Crippen MR) is 322 cm³/mol. The maximum Gasteiger partial charge on any atom is 0.0746 e. The fourth-order valence-corrected chi connectivity index (χ4v) is 17.3. The molecule has 4 saturated carbocycles. The number of anilines is 3. The van der Waals surface area contributed by atoms with Crippen molar-refractivity contribution in [1.29, 1.82) is 0 Å². The lowest BCUT2D eigenvalue weighted by atomic mass is 9.43. The summed E-state index contributed by atoms with van der Waals surface area (Å²) in [6.07, 6.45) is 6.92. The van der Waals surface area contributed by atoms with Crippen LogP contribution < -0.4 is 4.90 Å². The summed E-state index contributed by atoms with van der Waals surface area (Å²) in [4.78, 5) is 2.65. The molecule has 11 aromatic carbocycles. The molecule has 0 N–H and O–H groups in total. The van der Waals surface area contributed by atoms with Gasteiger partial charge in [0, 0.05) is 22.4 Å². The van der Waals surface area contributed by atoms with Crippen molar-refractivity contribution in [3.8, 4) is 77.9 Å². The van der Waals surface area contributed by atoms with Crippen molar-refractivity contribution in [3.05, 3.63) is 294 Å². The van der Waals surface area contributed by atoms with Crippen molar-refractivity contribution in [3.63, 3.8) is 0 Å². The van der Waals surface area contributed by atoms with Gasteiger partial charge in [-0.05, 0) is 198 Å². The van der Waals surface area contributed by atoms with E-state index in [1.807, 2.05) is 0 Å². The zero-order valence-electron chi connectivity index (χ0n) is 43.6. The largest absolute Gasteiger partial charge is 0.310 e. The predicted octanol–water partition coefficient (Wildman–Crippen LogP) is 19.9. The Balaban J connectivity index is 0.949. The average molecular weight is 996 g/mol. The van der Waals surface area contributed by atoms with Gasteiger partial charge in [0.15, 0.2) is 0 Å². The molecule has 0 aromatic heterocycles. The van der Waals surface area contributed by atoms with E-state index >= 15 is 0 Å². The van der Waals surface area contributed by atoms with Gasteiger partial charge in [0.25, 0.3) is 0 Å². The summed E-state index contributed by atoms with van der Waals surface area (Å²) in [6, 6.07) is 99.6. The van der Waals surface area contributed by atoms with Gasteiger partial charge in [0.2, 0.25) is 0 Å². The van der Waals surface area contributed by atoms with Gasteiger partial charge >= 0.3 is 0 Å². The van der Waals surface area contributed by atoms with Gasteiger partial charge in [-0.25, -0.2) is 0 Å². The minimum atomic E-state index is -0.656. The molecule has 11 aromatic rings. The summed E-state index contributed by atoms with van der Waals surface area (Å²) >= 11 is 0. The zero-order valence-corrected chi connectivity index (χ0v) is 43.6. The minimum absolute atomic E-state index is 0.0796. The van der Waals surface area contributed by atoms with Gasteiger partial charge in [-0.1, -0.05) is 224 Å². The van der Waals surface area contributed by atoms with Crippen LogP contribution in [-0.4, -0.2) is 0 Å². The van der Waals surface area contributed by atoms with Crippen LogP contribution in [-0.2, 0) is 10.8 Å². The molecule has 1 heteroatoms. The second-order valence-electron chi connectivity index (χ2n) is 23.5. The fraction of sp³-hybridized carbons (Fsp3) is 0.143. The monoisotopic (exact) mass is 995 g/mol. The Morgan fingerprint density at radius 1 is 0.282 bits per heavy atom. The molecule has 4 bridgehead atoms. The molecule has 0 amide bonds. The first-order valence-corrected chi connectivity index (χ1v) is 28.6. The highest BCUT2D eigenvalue weighted by Gasteiger charge is 2.62. The smallest absolute Gasteiger partial charge is 0.0746 e. The normalized spacial score (nSPS) is 20.7. The van der Waals surface area contributed by atoms with Crippen molar-refractivity contribution in [2.24, 2.45) is 23.7 Å². The molecule has 0 saturated heterocycles. The van der Waals surface area contributed by atoms with Gasteiger partial charge in [0.1, 0.15) is 0 Å². The lowest BCUT2D eigenvalue weighted by Gasteiger charge is -2.61. The van der Waals surface area contributed by atoms with Gasteiger partial charge in [-0.3, -0.25) is 0 Å². The summed E-state index contributed by atoms with van der Waals surface area (Å²) in [5.41, 5.74) is 29.3.